The topological polar surface area (TPSA) is 80.6 Å². The highest BCUT2D eigenvalue weighted by molar-refractivity contribution is 7.17. The molecular weight excluding hydrogens is 380 g/mol. The second-order valence-electron chi connectivity index (χ2n) is 4.47. The molecule has 6 nitrogen and oxygen atoms in total. The number of aromatic nitrogens is 1. The molecule has 0 fully saturated rings. The molecule has 0 aliphatic heterocycles. The zero-order valence-corrected chi connectivity index (χ0v) is 13.5. The predicted octanol–water partition coefficient (Wildman–Crippen LogP) is 3.65. The van der Waals surface area contributed by atoms with Crippen molar-refractivity contribution >= 4 is 33.9 Å². The number of nitrogens with one attached hydrogen (secondary N) is 1. The Morgan fingerprint density at radius 3 is 2.32 bits per heavy atom. The highest BCUT2D eigenvalue weighted by Gasteiger charge is 2.40. The van der Waals surface area contributed by atoms with E-state index < -0.39 is 46.2 Å². The number of rotatable bonds is 6. The van der Waals surface area contributed by atoms with Crippen LogP contribution in [0.4, 0.5) is 31.5 Å². The molecule has 0 spiro atoms. The van der Waals surface area contributed by atoms with Crippen LogP contribution in [0.2, 0.25) is 0 Å². The van der Waals surface area contributed by atoms with Crippen LogP contribution in [0, 0.1) is 0 Å². The normalized spacial score (nSPS) is 12.9. The molecule has 0 aliphatic carbocycles. The lowest BCUT2D eigenvalue weighted by Gasteiger charge is -2.05. The molecule has 0 radical (unpaired) electrons. The largest absolute Gasteiger partial charge is 0.462 e. The van der Waals surface area contributed by atoms with Crippen LogP contribution >= 0.6 is 11.3 Å². The van der Waals surface area contributed by atoms with Crippen LogP contribution in [-0.4, -0.2) is 35.2 Å². The molecule has 1 aromatic heterocycles. The molecule has 25 heavy (non-hydrogen) atoms. The standard InChI is InChI=1S/C12H11F6N3O3S/c1-3-24-9(23)7-8(12(16,17)18)19-10(25-7)21-20-5(2)4-6(22)11(13,14)15/h3-4H2,1-2H3,(H,19,21)/b20-5-. The molecule has 0 amide bonds. The third-order valence-corrected chi connectivity index (χ3v) is 3.37. The zero-order chi connectivity index (χ0) is 19.4. The van der Waals surface area contributed by atoms with Gasteiger partial charge in [-0.15, -0.1) is 0 Å². The van der Waals surface area contributed by atoms with Gasteiger partial charge in [0.25, 0.3) is 0 Å². The fraction of sp³-hybridized carbons (Fsp3) is 0.500. The minimum Gasteiger partial charge on any atom is -0.462 e. The quantitative estimate of drug-likeness (QED) is 0.347. The Balaban J connectivity index is 2.98. The molecule has 13 heteroatoms. The van der Waals surface area contributed by atoms with Crippen molar-refractivity contribution in [1.82, 2.24) is 4.98 Å². The summed E-state index contributed by atoms with van der Waals surface area (Å²) in [5.74, 6) is -3.30. The summed E-state index contributed by atoms with van der Waals surface area (Å²) >= 11 is 0.270. The maximum Gasteiger partial charge on any atom is 0.450 e. The molecule has 1 rings (SSSR count). The summed E-state index contributed by atoms with van der Waals surface area (Å²) in [6.45, 7) is 2.31. The summed E-state index contributed by atoms with van der Waals surface area (Å²) < 4.78 is 79.4. The third kappa shape index (κ3) is 5.99. The van der Waals surface area contributed by atoms with Gasteiger partial charge in [0.05, 0.1) is 13.0 Å². The Bertz CT molecular complexity index is 681. The number of carbonyl (C=O) groups is 2. The number of ether oxygens (including phenoxy) is 1. The van der Waals surface area contributed by atoms with Gasteiger partial charge in [-0.25, -0.2) is 9.78 Å². The van der Waals surface area contributed by atoms with E-state index in [2.05, 4.69) is 14.8 Å². The average molecular weight is 391 g/mol. The summed E-state index contributed by atoms with van der Waals surface area (Å²) in [6, 6.07) is 0. The molecule has 1 heterocycles. The smallest absolute Gasteiger partial charge is 0.450 e. The van der Waals surface area contributed by atoms with Gasteiger partial charge in [0.15, 0.2) is 5.69 Å². The molecule has 0 saturated heterocycles. The van der Waals surface area contributed by atoms with E-state index in [1.165, 1.54) is 6.92 Å². The molecule has 0 atom stereocenters. The lowest BCUT2D eigenvalue weighted by molar-refractivity contribution is -0.169. The van der Waals surface area contributed by atoms with E-state index in [0.717, 1.165) is 6.92 Å². The SMILES string of the molecule is CCOC(=O)c1sc(N/N=C(/C)CC(=O)C(F)(F)F)nc1C(F)(F)F. The van der Waals surface area contributed by atoms with Crippen molar-refractivity contribution in [1.29, 1.82) is 0 Å². The molecule has 1 aromatic rings. The number of anilines is 1. The number of Topliss-reactive ketones (excluding diaryl/α,β-unsaturated/α-hetero) is 1. The van der Waals surface area contributed by atoms with Crippen LogP contribution in [0.25, 0.3) is 0 Å². The molecule has 0 saturated carbocycles. The maximum absolute atomic E-state index is 12.9. The summed E-state index contributed by atoms with van der Waals surface area (Å²) in [6.07, 6.45) is -11.1. The molecular formula is C12H11F6N3O3S. The van der Waals surface area contributed by atoms with Crippen molar-refractivity contribution < 1.29 is 40.7 Å². The van der Waals surface area contributed by atoms with Crippen LogP contribution in [-0.2, 0) is 15.7 Å². The van der Waals surface area contributed by atoms with Crippen molar-refractivity contribution in [3.05, 3.63) is 10.6 Å². The first-order chi connectivity index (χ1) is 11.4. The number of halogens is 6. The first kappa shape index (κ1) is 20.9. The van der Waals surface area contributed by atoms with Crippen molar-refractivity contribution in [3.63, 3.8) is 0 Å². The maximum atomic E-state index is 12.9. The van der Waals surface area contributed by atoms with Crippen molar-refractivity contribution in [2.24, 2.45) is 5.10 Å². The number of thiazole rings is 1. The Hall–Kier alpha value is -2.18. The molecule has 1 N–H and O–H groups in total. The van der Waals surface area contributed by atoms with Crippen molar-refractivity contribution in [2.75, 3.05) is 12.0 Å². The summed E-state index contributed by atoms with van der Waals surface area (Å²) in [4.78, 5) is 24.6. The first-order valence-corrected chi connectivity index (χ1v) is 7.32. The van der Waals surface area contributed by atoms with E-state index >= 15 is 0 Å². The molecule has 0 aliphatic rings. The Morgan fingerprint density at radius 1 is 1.24 bits per heavy atom. The number of alkyl halides is 6. The van der Waals surface area contributed by atoms with Gasteiger partial charge < -0.3 is 4.74 Å². The fourth-order valence-electron chi connectivity index (χ4n) is 1.41. The highest BCUT2D eigenvalue weighted by atomic mass is 32.1. The lowest BCUT2D eigenvalue weighted by atomic mass is 10.2. The number of esters is 1. The zero-order valence-electron chi connectivity index (χ0n) is 12.7. The Morgan fingerprint density at radius 2 is 1.84 bits per heavy atom. The molecule has 0 bridgehead atoms. The van der Waals surface area contributed by atoms with E-state index in [4.69, 9.17) is 0 Å². The molecule has 0 aromatic carbocycles. The number of hydrogen-bond donors (Lipinski definition) is 1. The van der Waals surface area contributed by atoms with Gasteiger partial charge in [0, 0.05) is 5.71 Å². The Labute approximate surface area is 140 Å². The fourth-order valence-corrected chi connectivity index (χ4v) is 2.23. The van der Waals surface area contributed by atoms with Gasteiger partial charge in [-0.05, 0) is 13.8 Å². The molecule has 140 valence electrons. The first-order valence-electron chi connectivity index (χ1n) is 6.50. The number of hydrogen-bond acceptors (Lipinski definition) is 7. The predicted molar refractivity (Wildman–Crippen MR) is 75.5 cm³/mol. The summed E-state index contributed by atoms with van der Waals surface area (Å²) in [5, 5.41) is 2.87. The van der Waals surface area contributed by atoms with Crippen LogP contribution in [0.15, 0.2) is 5.10 Å². The van der Waals surface area contributed by atoms with Gasteiger partial charge in [-0.1, -0.05) is 11.3 Å². The second-order valence-corrected chi connectivity index (χ2v) is 5.47. The summed E-state index contributed by atoms with van der Waals surface area (Å²) in [7, 11) is 0. The van der Waals surface area contributed by atoms with Crippen LogP contribution in [0.3, 0.4) is 0 Å². The van der Waals surface area contributed by atoms with E-state index in [0.29, 0.717) is 0 Å². The number of carbonyl (C=O) groups excluding carboxylic acids is 2. The number of ketones is 1. The van der Waals surface area contributed by atoms with E-state index in [9.17, 15) is 35.9 Å². The van der Waals surface area contributed by atoms with Crippen LogP contribution < -0.4 is 5.43 Å². The van der Waals surface area contributed by atoms with Gasteiger partial charge in [0.1, 0.15) is 4.88 Å². The highest BCUT2D eigenvalue weighted by Crippen LogP contribution is 2.36. The minimum absolute atomic E-state index is 0.159. The van der Waals surface area contributed by atoms with Crippen LogP contribution in [0.5, 0.6) is 0 Å². The van der Waals surface area contributed by atoms with Gasteiger partial charge in [-0.3, -0.25) is 10.2 Å². The minimum atomic E-state index is -5.04. The van der Waals surface area contributed by atoms with Gasteiger partial charge >= 0.3 is 18.3 Å². The summed E-state index contributed by atoms with van der Waals surface area (Å²) in [5.41, 5.74) is 0.167. The van der Waals surface area contributed by atoms with Gasteiger partial charge in [0.2, 0.25) is 10.9 Å². The molecule has 0 unspecified atom stereocenters. The van der Waals surface area contributed by atoms with E-state index in [1.54, 1.807) is 0 Å². The van der Waals surface area contributed by atoms with Crippen molar-refractivity contribution in [3.8, 4) is 0 Å². The van der Waals surface area contributed by atoms with Gasteiger partial charge in [-0.2, -0.15) is 31.4 Å². The van der Waals surface area contributed by atoms with Crippen molar-refractivity contribution in [2.45, 2.75) is 32.6 Å². The monoisotopic (exact) mass is 391 g/mol. The Kier molecular flexibility index (Phi) is 6.51. The van der Waals surface area contributed by atoms with E-state index in [-0.39, 0.29) is 23.7 Å². The third-order valence-electron chi connectivity index (χ3n) is 2.43. The second kappa shape index (κ2) is 7.80. The lowest BCUT2D eigenvalue weighted by Crippen LogP contribution is -2.24. The average Bonchev–Trinajstić information content (AvgIpc) is 2.89. The van der Waals surface area contributed by atoms with E-state index in [1.807, 2.05) is 5.43 Å². The number of hydrazone groups is 1. The van der Waals surface area contributed by atoms with Crippen LogP contribution in [0.1, 0.15) is 35.6 Å². The number of nitrogens with zero attached hydrogens (tertiary/aromatic N) is 2.